The van der Waals surface area contributed by atoms with E-state index < -0.39 is 11.7 Å². The minimum atomic E-state index is -4.40. The number of halogens is 3. The summed E-state index contributed by atoms with van der Waals surface area (Å²) in [5, 5.41) is 4.65. The predicted octanol–water partition coefficient (Wildman–Crippen LogP) is 5.76. The van der Waals surface area contributed by atoms with Gasteiger partial charge in [0.2, 0.25) is 0 Å². The molecule has 0 aliphatic rings. The van der Waals surface area contributed by atoms with Crippen LogP contribution >= 0.6 is 0 Å². The second-order valence-corrected chi connectivity index (χ2v) is 8.35. The molecule has 0 atom stereocenters. The second kappa shape index (κ2) is 8.99. The van der Waals surface area contributed by atoms with Gasteiger partial charge in [-0.1, -0.05) is 30.3 Å². The highest BCUT2D eigenvalue weighted by atomic mass is 19.4. The third-order valence-corrected chi connectivity index (χ3v) is 5.82. The number of alkyl halides is 3. The van der Waals surface area contributed by atoms with E-state index in [2.05, 4.69) is 10.1 Å². The van der Waals surface area contributed by atoms with Crippen LogP contribution in [0.2, 0.25) is 0 Å². The lowest BCUT2D eigenvalue weighted by atomic mass is 10.1. The molecule has 0 radical (unpaired) electrons. The van der Waals surface area contributed by atoms with Crippen molar-refractivity contribution in [1.29, 1.82) is 0 Å². The minimum absolute atomic E-state index is 0.0230. The molecule has 0 fully saturated rings. The highest BCUT2D eigenvalue weighted by molar-refractivity contribution is 5.65. The van der Waals surface area contributed by atoms with Crippen molar-refractivity contribution in [3.8, 4) is 22.7 Å². The number of para-hydroxylation sites is 1. The van der Waals surface area contributed by atoms with E-state index in [0.717, 1.165) is 23.5 Å². The monoisotopic (exact) mass is 490 g/mol. The molecule has 6 nitrogen and oxygen atoms in total. The zero-order chi connectivity index (χ0) is 25.4. The van der Waals surface area contributed by atoms with Crippen molar-refractivity contribution in [1.82, 2.24) is 19.2 Å². The van der Waals surface area contributed by atoms with Gasteiger partial charge >= 0.3 is 6.18 Å². The fourth-order valence-electron chi connectivity index (χ4n) is 4.03. The first-order valence-corrected chi connectivity index (χ1v) is 11.2. The van der Waals surface area contributed by atoms with Gasteiger partial charge in [0.05, 0.1) is 22.5 Å². The molecular formula is C27H21F3N4O2. The molecule has 3 aromatic heterocycles. The summed E-state index contributed by atoms with van der Waals surface area (Å²) in [6, 6.07) is 19.5. The molecule has 0 N–H and O–H groups in total. The van der Waals surface area contributed by atoms with Gasteiger partial charge in [0.25, 0.3) is 5.56 Å². The standard InChI is InChI=1S/C27H21F3N4O2/c1-17-15-22(32-34(17)21-7-4-3-5-8-21)24-18(2)31-25-23(9-6-14-33(25)26(24)35)36-16-19-10-12-20(13-11-19)27(28,29)30/h3-15H,16H2,1-2H3. The summed E-state index contributed by atoms with van der Waals surface area (Å²) in [5.41, 5.74) is 2.98. The third-order valence-electron chi connectivity index (χ3n) is 5.82. The Balaban J connectivity index is 1.48. The summed E-state index contributed by atoms with van der Waals surface area (Å²) < 4.78 is 47.4. The maximum Gasteiger partial charge on any atom is 0.416 e. The Morgan fingerprint density at radius 1 is 0.944 bits per heavy atom. The largest absolute Gasteiger partial charge is 0.485 e. The molecule has 36 heavy (non-hydrogen) atoms. The van der Waals surface area contributed by atoms with Crippen LogP contribution in [0.25, 0.3) is 22.6 Å². The Labute approximate surface area is 204 Å². The number of aryl methyl sites for hydroxylation is 2. The molecular weight excluding hydrogens is 469 g/mol. The zero-order valence-corrected chi connectivity index (χ0v) is 19.5. The molecule has 0 unspecified atom stereocenters. The normalized spacial score (nSPS) is 11.7. The van der Waals surface area contributed by atoms with Crippen LogP contribution in [0, 0.1) is 13.8 Å². The van der Waals surface area contributed by atoms with E-state index >= 15 is 0 Å². The van der Waals surface area contributed by atoms with Crippen molar-refractivity contribution in [3.63, 3.8) is 0 Å². The molecule has 0 saturated carbocycles. The van der Waals surface area contributed by atoms with Crippen molar-refractivity contribution in [3.05, 3.63) is 112 Å². The first kappa shape index (κ1) is 23.3. The van der Waals surface area contributed by atoms with Gasteiger partial charge in [-0.3, -0.25) is 9.20 Å². The first-order valence-electron chi connectivity index (χ1n) is 11.2. The van der Waals surface area contributed by atoms with E-state index in [-0.39, 0.29) is 12.2 Å². The van der Waals surface area contributed by atoms with Crippen molar-refractivity contribution < 1.29 is 17.9 Å². The van der Waals surface area contributed by atoms with Crippen molar-refractivity contribution in [2.24, 2.45) is 0 Å². The summed E-state index contributed by atoms with van der Waals surface area (Å²) >= 11 is 0. The van der Waals surface area contributed by atoms with Gasteiger partial charge in [-0.25, -0.2) is 9.67 Å². The summed E-state index contributed by atoms with van der Waals surface area (Å²) in [7, 11) is 0. The number of aromatic nitrogens is 4. The van der Waals surface area contributed by atoms with Gasteiger partial charge in [-0.15, -0.1) is 0 Å². The first-order chi connectivity index (χ1) is 17.2. The third kappa shape index (κ3) is 4.35. The Kier molecular flexibility index (Phi) is 5.83. The number of nitrogens with zero attached hydrogens (tertiary/aromatic N) is 4. The number of ether oxygens (including phenoxy) is 1. The maximum atomic E-state index is 13.5. The predicted molar refractivity (Wildman–Crippen MR) is 129 cm³/mol. The number of benzene rings is 2. The fourth-order valence-corrected chi connectivity index (χ4v) is 4.03. The van der Waals surface area contributed by atoms with Crippen LogP contribution in [0.3, 0.4) is 0 Å². The second-order valence-electron chi connectivity index (χ2n) is 8.35. The Hall–Kier alpha value is -4.40. The Morgan fingerprint density at radius 2 is 1.67 bits per heavy atom. The molecule has 182 valence electrons. The fraction of sp³-hybridized carbons (Fsp3) is 0.148. The summed E-state index contributed by atoms with van der Waals surface area (Å²) in [4.78, 5) is 18.1. The maximum absolute atomic E-state index is 13.5. The number of hydrogen-bond donors (Lipinski definition) is 0. The number of fused-ring (bicyclic) bond motifs is 1. The molecule has 0 amide bonds. The SMILES string of the molecule is Cc1nc2c(OCc3ccc(C(F)(F)F)cc3)cccn2c(=O)c1-c1cc(C)n(-c2ccccc2)n1. The smallest absolute Gasteiger partial charge is 0.416 e. The van der Waals surface area contributed by atoms with E-state index in [1.165, 1.54) is 16.5 Å². The molecule has 0 saturated heterocycles. The quantitative estimate of drug-likeness (QED) is 0.314. The lowest BCUT2D eigenvalue weighted by molar-refractivity contribution is -0.137. The van der Waals surface area contributed by atoms with Gasteiger partial charge in [0.15, 0.2) is 11.4 Å². The summed E-state index contributed by atoms with van der Waals surface area (Å²) in [5.74, 6) is 0.343. The molecule has 0 aliphatic heterocycles. The van der Waals surface area contributed by atoms with E-state index in [1.807, 2.05) is 43.3 Å². The van der Waals surface area contributed by atoms with Crippen LogP contribution in [0.1, 0.15) is 22.5 Å². The number of rotatable bonds is 5. The zero-order valence-electron chi connectivity index (χ0n) is 19.5. The van der Waals surface area contributed by atoms with Crippen molar-refractivity contribution >= 4 is 5.65 Å². The molecule has 3 heterocycles. The van der Waals surface area contributed by atoms with Gasteiger partial charge in [0.1, 0.15) is 12.3 Å². The molecule has 0 spiro atoms. The lowest BCUT2D eigenvalue weighted by Gasteiger charge is -2.12. The Bertz CT molecular complexity index is 1610. The van der Waals surface area contributed by atoms with Crippen LogP contribution in [0.4, 0.5) is 13.2 Å². The van der Waals surface area contributed by atoms with E-state index in [4.69, 9.17) is 4.74 Å². The van der Waals surface area contributed by atoms with E-state index in [9.17, 15) is 18.0 Å². The van der Waals surface area contributed by atoms with Crippen molar-refractivity contribution in [2.75, 3.05) is 0 Å². The molecule has 0 bridgehead atoms. The average molecular weight is 490 g/mol. The van der Waals surface area contributed by atoms with Crippen LogP contribution in [0.15, 0.2) is 83.8 Å². The molecule has 2 aromatic carbocycles. The minimum Gasteiger partial charge on any atom is -0.485 e. The molecule has 5 aromatic rings. The molecule has 0 aliphatic carbocycles. The number of hydrogen-bond acceptors (Lipinski definition) is 4. The number of pyridine rings is 1. The van der Waals surface area contributed by atoms with Gasteiger partial charge in [-0.05, 0) is 61.9 Å². The van der Waals surface area contributed by atoms with Crippen LogP contribution in [-0.2, 0) is 12.8 Å². The van der Waals surface area contributed by atoms with E-state index in [1.54, 1.807) is 29.9 Å². The van der Waals surface area contributed by atoms with Gasteiger partial charge < -0.3 is 4.74 Å². The van der Waals surface area contributed by atoms with Crippen LogP contribution in [-0.4, -0.2) is 19.2 Å². The molecule has 9 heteroatoms. The van der Waals surface area contributed by atoms with Crippen molar-refractivity contribution in [2.45, 2.75) is 26.6 Å². The average Bonchev–Trinajstić information content (AvgIpc) is 3.24. The highest BCUT2D eigenvalue weighted by Crippen LogP contribution is 2.29. The van der Waals surface area contributed by atoms with Gasteiger partial charge in [-0.2, -0.15) is 18.3 Å². The Morgan fingerprint density at radius 3 is 2.36 bits per heavy atom. The lowest BCUT2D eigenvalue weighted by Crippen LogP contribution is -2.19. The highest BCUT2D eigenvalue weighted by Gasteiger charge is 2.30. The summed E-state index contributed by atoms with van der Waals surface area (Å²) in [6.07, 6.45) is -2.80. The topological polar surface area (TPSA) is 61.4 Å². The van der Waals surface area contributed by atoms with Crippen LogP contribution < -0.4 is 10.3 Å². The van der Waals surface area contributed by atoms with E-state index in [0.29, 0.717) is 33.9 Å². The molecule has 5 rings (SSSR count). The van der Waals surface area contributed by atoms with Gasteiger partial charge in [0, 0.05) is 11.9 Å². The summed E-state index contributed by atoms with van der Waals surface area (Å²) in [6.45, 7) is 3.67. The van der Waals surface area contributed by atoms with Crippen LogP contribution in [0.5, 0.6) is 5.75 Å².